The fraction of sp³-hybridized carbons (Fsp3) is 0.800. The number of nitrogens with zero attached hydrogens (tertiary/aromatic N) is 2. The summed E-state index contributed by atoms with van der Waals surface area (Å²) in [7, 11) is 0. The lowest BCUT2D eigenvalue weighted by atomic mass is 10.5. The van der Waals surface area contributed by atoms with Crippen molar-refractivity contribution in [1.29, 1.82) is 0 Å². The van der Waals surface area contributed by atoms with Crippen molar-refractivity contribution >= 4 is 11.3 Å². The van der Waals surface area contributed by atoms with Crippen molar-refractivity contribution in [2.24, 2.45) is 0 Å². The molecule has 102 valence electrons. The van der Waals surface area contributed by atoms with Gasteiger partial charge in [-0.15, -0.1) is 21.5 Å². The van der Waals surface area contributed by atoms with Gasteiger partial charge in [-0.1, -0.05) is 0 Å². The molecule has 0 unspecified atom stereocenters. The summed E-state index contributed by atoms with van der Waals surface area (Å²) in [4.78, 5) is 0. The van der Waals surface area contributed by atoms with Crippen LogP contribution in [0.15, 0.2) is 0 Å². The van der Waals surface area contributed by atoms with Gasteiger partial charge in [-0.05, 0) is 12.8 Å². The summed E-state index contributed by atoms with van der Waals surface area (Å²) in [5, 5.41) is 12.8. The normalized spacial score (nSPS) is 16.2. The van der Waals surface area contributed by atoms with E-state index in [9.17, 15) is 13.2 Å². The summed E-state index contributed by atoms with van der Waals surface area (Å²) in [5.74, 6) is 0. The number of hydrogen-bond donors (Lipinski definition) is 1. The molecule has 0 atom stereocenters. The molecule has 0 spiro atoms. The Kier molecular flexibility index (Phi) is 4.52. The molecule has 1 heterocycles. The first kappa shape index (κ1) is 13.7. The van der Waals surface area contributed by atoms with Gasteiger partial charge < -0.3 is 10.1 Å². The van der Waals surface area contributed by atoms with E-state index in [4.69, 9.17) is 0 Å². The maximum atomic E-state index is 11.8. The second-order valence-corrected chi connectivity index (χ2v) is 5.31. The van der Waals surface area contributed by atoms with Gasteiger partial charge in [0.2, 0.25) is 0 Å². The number of nitrogens with one attached hydrogen (secondary N) is 1. The molecule has 0 amide bonds. The van der Waals surface area contributed by atoms with Crippen LogP contribution in [0, 0.1) is 0 Å². The quantitative estimate of drug-likeness (QED) is 0.776. The van der Waals surface area contributed by atoms with Gasteiger partial charge in [0.05, 0.1) is 6.61 Å². The van der Waals surface area contributed by atoms with E-state index in [-0.39, 0.29) is 6.61 Å². The van der Waals surface area contributed by atoms with E-state index in [2.05, 4.69) is 20.3 Å². The van der Waals surface area contributed by atoms with Gasteiger partial charge in [0, 0.05) is 19.0 Å². The molecule has 1 N–H and O–H groups in total. The molecular formula is C10H14F3N3OS. The van der Waals surface area contributed by atoms with E-state index in [0.717, 1.165) is 5.01 Å². The molecule has 1 aliphatic rings. The first-order chi connectivity index (χ1) is 8.53. The molecule has 18 heavy (non-hydrogen) atoms. The van der Waals surface area contributed by atoms with E-state index in [1.807, 2.05) is 0 Å². The minimum Gasteiger partial charge on any atom is -0.372 e. The molecule has 0 bridgehead atoms. The minimum atomic E-state index is -4.26. The lowest BCUT2D eigenvalue weighted by Crippen LogP contribution is -2.17. The summed E-state index contributed by atoms with van der Waals surface area (Å²) in [6.07, 6.45) is -1.48. The van der Waals surface area contributed by atoms with Crippen LogP contribution in [0.2, 0.25) is 0 Å². The maximum Gasteiger partial charge on any atom is 0.411 e. The molecule has 0 aliphatic heterocycles. The van der Waals surface area contributed by atoms with Gasteiger partial charge >= 0.3 is 6.18 Å². The average Bonchev–Trinajstić information content (AvgIpc) is 3.00. The Morgan fingerprint density at radius 3 is 2.67 bits per heavy atom. The first-order valence-electron chi connectivity index (χ1n) is 5.72. The third kappa shape index (κ3) is 5.28. The number of alkyl halides is 3. The molecule has 1 saturated carbocycles. The highest BCUT2D eigenvalue weighted by Gasteiger charge is 2.27. The van der Waals surface area contributed by atoms with E-state index in [0.29, 0.717) is 24.0 Å². The van der Waals surface area contributed by atoms with Gasteiger partial charge in [0.25, 0.3) is 0 Å². The minimum absolute atomic E-state index is 0.0181. The summed E-state index contributed by atoms with van der Waals surface area (Å²) >= 11 is 1.41. The van der Waals surface area contributed by atoms with Crippen molar-refractivity contribution < 1.29 is 17.9 Å². The van der Waals surface area contributed by atoms with Crippen LogP contribution in [0.1, 0.15) is 22.9 Å². The van der Waals surface area contributed by atoms with Crippen LogP contribution in [-0.2, 0) is 17.7 Å². The summed E-state index contributed by atoms with van der Waals surface area (Å²) in [6, 6.07) is 0.604. The van der Waals surface area contributed by atoms with Crippen molar-refractivity contribution in [2.45, 2.75) is 38.0 Å². The number of rotatable bonds is 7. The topological polar surface area (TPSA) is 47.0 Å². The Morgan fingerprint density at radius 2 is 2.00 bits per heavy atom. The van der Waals surface area contributed by atoms with E-state index in [1.165, 1.54) is 24.2 Å². The second kappa shape index (κ2) is 5.94. The lowest BCUT2D eigenvalue weighted by molar-refractivity contribution is -0.173. The predicted molar refractivity (Wildman–Crippen MR) is 60.3 cm³/mol. The van der Waals surface area contributed by atoms with E-state index in [1.54, 1.807) is 0 Å². The van der Waals surface area contributed by atoms with Crippen molar-refractivity contribution in [3.05, 3.63) is 10.0 Å². The molecule has 1 fully saturated rings. The molecule has 1 aromatic heterocycles. The van der Waals surface area contributed by atoms with Crippen LogP contribution in [0.4, 0.5) is 13.2 Å². The Bertz CT molecular complexity index is 379. The predicted octanol–water partition coefficient (Wildman–Crippen LogP) is 1.91. The molecule has 4 nitrogen and oxygen atoms in total. The smallest absolute Gasteiger partial charge is 0.372 e. The van der Waals surface area contributed by atoms with Crippen molar-refractivity contribution in [3.8, 4) is 0 Å². The zero-order chi connectivity index (χ0) is 13.0. The average molecular weight is 281 g/mol. The summed E-state index contributed by atoms with van der Waals surface area (Å²) in [5.41, 5.74) is 0. The Morgan fingerprint density at radius 1 is 1.28 bits per heavy atom. The molecule has 1 aliphatic carbocycles. The van der Waals surface area contributed by atoms with Gasteiger partial charge in [-0.2, -0.15) is 13.2 Å². The molecular weight excluding hydrogens is 267 g/mol. The number of ether oxygens (including phenoxy) is 1. The molecule has 0 saturated heterocycles. The monoisotopic (exact) mass is 281 g/mol. The maximum absolute atomic E-state index is 11.8. The highest BCUT2D eigenvalue weighted by Crippen LogP contribution is 2.20. The first-order valence-corrected chi connectivity index (χ1v) is 6.54. The fourth-order valence-corrected chi connectivity index (χ4v) is 2.10. The molecule has 8 heteroatoms. The molecule has 1 aromatic rings. The molecule has 2 rings (SSSR count). The van der Waals surface area contributed by atoms with Crippen LogP contribution < -0.4 is 5.32 Å². The van der Waals surface area contributed by atoms with Gasteiger partial charge in [0.1, 0.15) is 16.6 Å². The molecule has 0 aromatic carbocycles. The lowest BCUT2D eigenvalue weighted by Gasteiger charge is -2.05. The second-order valence-electron chi connectivity index (χ2n) is 4.16. The van der Waals surface area contributed by atoms with Crippen molar-refractivity contribution in [1.82, 2.24) is 15.5 Å². The fourth-order valence-electron chi connectivity index (χ4n) is 1.33. The third-order valence-electron chi connectivity index (χ3n) is 2.35. The zero-order valence-electron chi connectivity index (χ0n) is 9.66. The van der Waals surface area contributed by atoms with Crippen LogP contribution >= 0.6 is 11.3 Å². The zero-order valence-corrected chi connectivity index (χ0v) is 10.5. The highest BCUT2D eigenvalue weighted by molar-refractivity contribution is 7.11. The SMILES string of the molecule is FC(F)(F)COCCc1nnc(CNC2CC2)s1. The summed E-state index contributed by atoms with van der Waals surface area (Å²) in [6.45, 7) is -0.502. The third-order valence-corrected chi connectivity index (χ3v) is 3.34. The van der Waals surface area contributed by atoms with Gasteiger partial charge in [-0.3, -0.25) is 0 Å². The van der Waals surface area contributed by atoms with Crippen LogP contribution in [0.25, 0.3) is 0 Å². The number of aromatic nitrogens is 2. The van der Waals surface area contributed by atoms with Crippen molar-refractivity contribution in [2.75, 3.05) is 13.2 Å². The van der Waals surface area contributed by atoms with Crippen LogP contribution in [-0.4, -0.2) is 35.6 Å². The van der Waals surface area contributed by atoms with Crippen LogP contribution in [0.5, 0.6) is 0 Å². The Labute approximate surface area is 107 Å². The largest absolute Gasteiger partial charge is 0.411 e. The summed E-state index contributed by atoms with van der Waals surface area (Å²) < 4.78 is 39.9. The van der Waals surface area contributed by atoms with E-state index >= 15 is 0 Å². The highest BCUT2D eigenvalue weighted by atomic mass is 32.1. The standard InChI is InChI=1S/C10H14F3N3OS/c11-10(12,13)6-17-4-3-8-15-16-9(18-8)5-14-7-1-2-7/h7,14H,1-6H2. The Hall–Kier alpha value is -0.730. The van der Waals surface area contributed by atoms with Crippen LogP contribution in [0.3, 0.4) is 0 Å². The van der Waals surface area contributed by atoms with Crippen molar-refractivity contribution in [3.63, 3.8) is 0 Å². The molecule has 0 radical (unpaired) electrons. The van der Waals surface area contributed by atoms with E-state index < -0.39 is 12.8 Å². The van der Waals surface area contributed by atoms with Gasteiger partial charge in [0.15, 0.2) is 0 Å². The number of halogens is 3. The Balaban J connectivity index is 1.63. The van der Waals surface area contributed by atoms with Gasteiger partial charge in [-0.25, -0.2) is 0 Å². The number of hydrogen-bond acceptors (Lipinski definition) is 5.